The van der Waals surface area contributed by atoms with Crippen molar-refractivity contribution in [2.24, 2.45) is 0 Å². The molecule has 0 unspecified atom stereocenters. The van der Waals surface area contributed by atoms with Crippen molar-refractivity contribution in [1.29, 1.82) is 0 Å². The molecule has 0 bridgehead atoms. The Morgan fingerprint density at radius 1 is 1.17 bits per heavy atom. The van der Waals surface area contributed by atoms with Crippen molar-refractivity contribution in [2.75, 3.05) is 12.4 Å². The number of thiophene rings is 1. The zero-order valence-corrected chi connectivity index (χ0v) is 11.3. The highest BCUT2D eigenvalue weighted by atomic mass is 32.1. The molecule has 1 saturated carbocycles. The lowest BCUT2D eigenvalue weighted by molar-refractivity contribution is 0.371. The second kappa shape index (κ2) is 5.20. The van der Waals surface area contributed by atoms with Crippen LogP contribution in [0.3, 0.4) is 0 Å². The van der Waals surface area contributed by atoms with Crippen LogP contribution >= 0.6 is 11.3 Å². The number of hydrogen-bond donors (Lipinski definition) is 2. The summed E-state index contributed by atoms with van der Waals surface area (Å²) in [5, 5.41) is 9.02. The molecule has 1 fully saturated rings. The number of hydrogen-bond acceptors (Lipinski definition) is 5. The Labute approximate surface area is 111 Å². The molecule has 1 aliphatic carbocycles. The molecule has 2 N–H and O–H groups in total. The maximum atomic E-state index is 4.38. The van der Waals surface area contributed by atoms with Crippen molar-refractivity contribution < 1.29 is 0 Å². The van der Waals surface area contributed by atoms with Crippen molar-refractivity contribution >= 4 is 27.4 Å². The van der Waals surface area contributed by atoms with Crippen LogP contribution in [0.5, 0.6) is 0 Å². The lowest BCUT2D eigenvalue weighted by atomic mass is 9.91. The number of fused-ring (bicyclic) bond motifs is 1. The quantitative estimate of drug-likeness (QED) is 0.893. The SMILES string of the molecule is CNC1CCC(Nc2ncnc3ccsc23)CC1. The van der Waals surface area contributed by atoms with Gasteiger partial charge in [-0.3, -0.25) is 0 Å². The zero-order valence-electron chi connectivity index (χ0n) is 10.5. The smallest absolute Gasteiger partial charge is 0.147 e. The van der Waals surface area contributed by atoms with Crippen molar-refractivity contribution in [3.8, 4) is 0 Å². The standard InChI is InChI=1S/C13H18N4S/c1-14-9-2-4-10(5-3-9)17-13-12-11(6-7-18-12)15-8-16-13/h6-10,14H,2-5H2,1H3,(H,15,16,17). The normalized spacial score (nSPS) is 24.3. The number of rotatable bonds is 3. The highest BCUT2D eigenvalue weighted by molar-refractivity contribution is 7.17. The van der Waals surface area contributed by atoms with Crippen molar-refractivity contribution in [2.45, 2.75) is 37.8 Å². The molecular weight excluding hydrogens is 244 g/mol. The summed E-state index contributed by atoms with van der Waals surface area (Å²) in [6, 6.07) is 3.29. The molecule has 1 aliphatic rings. The molecule has 0 aromatic carbocycles. The van der Waals surface area contributed by atoms with Gasteiger partial charge in [0.25, 0.3) is 0 Å². The van der Waals surface area contributed by atoms with Gasteiger partial charge in [-0.2, -0.15) is 0 Å². The first-order valence-electron chi connectivity index (χ1n) is 6.49. The van der Waals surface area contributed by atoms with E-state index in [9.17, 15) is 0 Å². The highest BCUT2D eigenvalue weighted by Gasteiger charge is 2.20. The predicted octanol–water partition coefficient (Wildman–Crippen LogP) is 2.63. The Balaban J connectivity index is 1.71. The molecular formula is C13H18N4S. The van der Waals surface area contributed by atoms with E-state index in [-0.39, 0.29) is 0 Å². The predicted molar refractivity (Wildman–Crippen MR) is 76.1 cm³/mol. The molecule has 96 valence electrons. The van der Waals surface area contributed by atoms with Gasteiger partial charge < -0.3 is 10.6 Å². The average molecular weight is 262 g/mol. The van der Waals surface area contributed by atoms with Gasteiger partial charge in [-0.1, -0.05) is 0 Å². The first-order valence-corrected chi connectivity index (χ1v) is 7.37. The molecule has 4 nitrogen and oxygen atoms in total. The van der Waals surface area contributed by atoms with Gasteiger partial charge in [-0.05, 0) is 44.2 Å². The van der Waals surface area contributed by atoms with Crippen molar-refractivity contribution in [1.82, 2.24) is 15.3 Å². The van der Waals surface area contributed by atoms with E-state index in [1.54, 1.807) is 17.7 Å². The van der Waals surface area contributed by atoms with E-state index in [4.69, 9.17) is 0 Å². The maximum absolute atomic E-state index is 4.38. The lowest BCUT2D eigenvalue weighted by Crippen LogP contribution is -2.35. The molecule has 0 radical (unpaired) electrons. The van der Waals surface area contributed by atoms with Crippen LogP contribution in [-0.4, -0.2) is 29.1 Å². The summed E-state index contributed by atoms with van der Waals surface area (Å²) in [5.74, 6) is 1.00. The Hall–Kier alpha value is -1.20. The van der Waals surface area contributed by atoms with E-state index >= 15 is 0 Å². The molecule has 18 heavy (non-hydrogen) atoms. The summed E-state index contributed by atoms with van der Waals surface area (Å²) in [6.07, 6.45) is 6.56. The van der Waals surface area contributed by atoms with Gasteiger partial charge in [0.15, 0.2) is 0 Å². The molecule has 5 heteroatoms. The van der Waals surface area contributed by atoms with Crippen LogP contribution in [0.25, 0.3) is 10.2 Å². The second-order valence-electron chi connectivity index (χ2n) is 4.84. The minimum atomic E-state index is 0.551. The Bertz CT molecular complexity index is 516. The van der Waals surface area contributed by atoms with Crippen LogP contribution in [0.2, 0.25) is 0 Å². The van der Waals surface area contributed by atoms with Crippen molar-refractivity contribution in [3.63, 3.8) is 0 Å². The minimum Gasteiger partial charge on any atom is -0.366 e. The Morgan fingerprint density at radius 3 is 2.72 bits per heavy atom. The van der Waals surface area contributed by atoms with Gasteiger partial charge in [0.1, 0.15) is 12.1 Å². The molecule has 3 rings (SSSR count). The van der Waals surface area contributed by atoms with E-state index in [2.05, 4.69) is 33.0 Å². The highest BCUT2D eigenvalue weighted by Crippen LogP contribution is 2.28. The van der Waals surface area contributed by atoms with Crippen LogP contribution in [0, 0.1) is 0 Å². The summed E-state index contributed by atoms with van der Waals surface area (Å²) >= 11 is 1.71. The van der Waals surface area contributed by atoms with Crippen LogP contribution < -0.4 is 10.6 Å². The number of aromatic nitrogens is 2. The number of nitrogens with one attached hydrogen (secondary N) is 2. The number of anilines is 1. The Kier molecular flexibility index (Phi) is 3.43. The third kappa shape index (κ3) is 2.33. The summed E-state index contributed by atoms with van der Waals surface area (Å²) < 4.78 is 1.17. The summed E-state index contributed by atoms with van der Waals surface area (Å²) in [7, 11) is 2.05. The second-order valence-corrected chi connectivity index (χ2v) is 5.75. The monoisotopic (exact) mass is 262 g/mol. The average Bonchev–Trinajstić information content (AvgIpc) is 2.89. The third-order valence-electron chi connectivity index (χ3n) is 3.72. The Morgan fingerprint density at radius 2 is 1.94 bits per heavy atom. The molecule has 0 saturated heterocycles. The summed E-state index contributed by atoms with van der Waals surface area (Å²) in [4.78, 5) is 8.65. The van der Waals surface area contributed by atoms with Gasteiger partial charge >= 0.3 is 0 Å². The van der Waals surface area contributed by atoms with Crippen LogP contribution in [-0.2, 0) is 0 Å². The van der Waals surface area contributed by atoms with Gasteiger partial charge in [-0.15, -0.1) is 11.3 Å². The van der Waals surface area contributed by atoms with E-state index in [1.165, 1.54) is 30.4 Å². The van der Waals surface area contributed by atoms with Gasteiger partial charge in [0.05, 0.1) is 10.2 Å². The summed E-state index contributed by atoms with van der Waals surface area (Å²) in [5.41, 5.74) is 1.04. The summed E-state index contributed by atoms with van der Waals surface area (Å²) in [6.45, 7) is 0. The lowest BCUT2D eigenvalue weighted by Gasteiger charge is -2.29. The fourth-order valence-corrected chi connectivity index (χ4v) is 3.41. The van der Waals surface area contributed by atoms with E-state index < -0.39 is 0 Å². The van der Waals surface area contributed by atoms with Crippen LogP contribution in [0.1, 0.15) is 25.7 Å². The zero-order chi connectivity index (χ0) is 12.4. The fraction of sp³-hybridized carbons (Fsp3) is 0.538. The van der Waals surface area contributed by atoms with Crippen LogP contribution in [0.15, 0.2) is 17.8 Å². The molecule has 2 aromatic heterocycles. The first kappa shape index (κ1) is 11.9. The van der Waals surface area contributed by atoms with Crippen molar-refractivity contribution in [3.05, 3.63) is 17.8 Å². The molecule has 0 spiro atoms. The fourth-order valence-electron chi connectivity index (χ4n) is 2.61. The molecule has 0 atom stereocenters. The molecule has 0 aliphatic heterocycles. The molecule has 2 heterocycles. The van der Waals surface area contributed by atoms with Crippen LogP contribution in [0.4, 0.5) is 5.82 Å². The van der Waals surface area contributed by atoms with E-state index in [0.29, 0.717) is 12.1 Å². The topological polar surface area (TPSA) is 49.8 Å². The van der Waals surface area contributed by atoms with E-state index in [0.717, 1.165) is 11.3 Å². The van der Waals surface area contributed by atoms with E-state index in [1.807, 2.05) is 6.07 Å². The minimum absolute atomic E-state index is 0.551. The van der Waals surface area contributed by atoms with Gasteiger partial charge in [0, 0.05) is 12.1 Å². The van der Waals surface area contributed by atoms with Gasteiger partial charge in [-0.25, -0.2) is 9.97 Å². The third-order valence-corrected chi connectivity index (χ3v) is 4.63. The largest absolute Gasteiger partial charge is 0.366 e. The maximum Gasteiger partial charge on any atom is 0.147 e. The molecule has 0 amide bonds. The number of nitrogens with zero attached hydrogens (tertiary/aromatic N) is 2. The first-order chi connectivity index (χ1) is 8.86. The molecule has 2 aromatic rings. The van der Waals surface area contributed by atoms with Gasteiger partial charge in [0.2, 0.25) is 0 Å².